The Labute approximate surface area is 128 Å². The number of rotatable bonds is 5. The molecule has 21 heavy (non-hydrogen) atoms. The minimum Gasteiger partial charge on any atom is -0.330 e. The van der Waals surface area contributed by atoms with E-state index in [1.807, 2.05) is 28.9 Å². The standard InChI is InChI=1S/C13H16N6O.ClH/c14-7-6-12(20)15-10-3-1-2-9(8-10)13-16-17-18-19(13)11-4-5-11;/h1-3,8,11H,4-7,14H2,(H,15,20);1H. The number of aromatic nitrogens is 4. The van der Waals surface area contributed by atoms with Crippen molar-refractivity contribution in [2.75, 3.05) is 11.9 Å². The van der Waals surface area contributed by atoms with Crippen molar-refractivity contribution in [3.05, 3.63) is 24.3 Å². The van der Waals surface area contributed by atoms with E-state index in [1.54, 1.807) is 0 Å². The fourth-order valence-corrected chi connectivity index (χ4v) is 2.04. The van der Waals surface area contributed by atoms with Gasteiger partial charge in [0.15, 0.2) is 5.82 Å². The highest BCUT2D eigenvalue weighted by Crippen LogP contribution is 2.36. The number of amides is 1. The Morgan fingerprint density at radius 2 is 2.24 bits per heavy atom. The SMILES string of the molecule is Cl.NCCC(=O)Nc1cccc(-c2nnnn2C2CC2)c1. The van der Waals surface area contributed by atoms with Crippen LogP contribution in [0.2, 0.25) is 0 Å². The third kappa shape index (κ3) is 3.56. The molecule has 8 heteroatoms. The molecule has 0 unspecified atom stereocenters. The summed E-state index contributed by atoms with van der Waals surface area (Å²) in [4.78, 5) is 11.6. The first-order valence-electron chi connectivity index (χ1n) is 6.66. The summed E-state index contributed by atoms with van der Waals surface area (Å²) in [6, 6.07) is 7.93. The average molecular weight is 309 g/mol. The van der Waals surface area contributed by atoms with Crippen molar-refractivity contribution in [1.82, 2.24) is 20.2 Å². The van der Waals surface area contributed by atoms with E-state index in [2.05, 4.69) is 20.8 Å². The van der Waals surface area contributed by atoms with Gasteiger partial charge in [-0.05, 0) is 35.4 Å². The van der Waals surface area contributed by atoms with Crippen molar-refractivity contribution >= 4 is 24.0 Å². The van der Waals surface area contributed by atoms with E-state index in [1.165, 1.54) is 0 Å². The van der Waals surface area contributed by atoms with Gasteiger partial charge < -0.3 is 11.1 Å². The van der Waals surface area contributed by atoms with Crippen LogP contribution in [0.4, 0.5) is 5.69 Å². The van der Waals surface area contributed by atoms with Gasteiger partial charge in [-0.15, -0.1) is 17.5 Å². The number of nitrogens with zero attached hydrogens (tertiary/aromatic N) is 4. The van der Waals surface area contributed by atoms with E-state index in [-0.39, 0.29) is 18.3 Å². The molecule has 1 heterocycles. The molecule has 0 bridgehead atoms. The highest BCUT2D eigenvalue weighted by Gasteiger charge is 2.28. The normalized spacial score (nSPS) is 13.6. The Balaban J connectivity index is 0.00000161. The highest BCUT2D eigenvalue weighted by atomic mass is 35.5. The van der Waals surface area contributed by atoms with Gasteiger partial charge >= 0.3 is 0 Å². The quantitative estimate of drug-likeness (QED) is 0.869. The Bertz CT molecular complexity index is 625. The van der Waals surface area contributed by atoms with Gasteiger partial charge in [0, 0.05) is 24.2 Å². The maximum atomic E-state index is 11.6. The Morgan fingerprint density at radius 3 is 2.95 bits per heavy atom. The number of carbonyl (C=O) groups excluding carboxylic acids is 1. The molecule has 1 aromatic carbocycles. The van der Waals surface area contributed by atoms with Crippen molar-refractivity contribution in [2.45, 2.75) is 25.3 Å². The monoisotopic (exact) mass is 308 g/mol. The van der Waals surface area contributed by atoms with Crippen LogP contribution in [0, 0.1) is 0 Å². The molecule has 0 radical (unpaired) electrons. The summed E-state index contributed by atoms with van der Waals surface area (Å²) in [5.74, 6) is 0.647. The predicted octanol–water partition coefficient (Wildman–Crippen LogP) is 1.38. The zero-order chi connectivity index (χ0) is 13.9. The van der Waals surface area contributed by atoms with Gasteiger partial charge in [0.25, 0.3) is 0 Å². The van der Waals surface area contributed by atoms with Gasteiger partial charge in [-0.3, -0.25) is 4.79 Å². The van der Waals surface area contributed by atoms with E-state index in [0.29, 0.717) is 19.0 Å². The lowest BCUT2D eigenvalue weighted by Crippen LogP contribution is -2.16. The van der Waals surface area contributed by atoms with Crippen LogP contribution in [-0.4, -0.2) is 32.7 Å². The molecule has 0 spiro atoms. The van der Waals surface area contributed by atoms with Crippen molar-refractivity contribution in [3.8, 4) is 11.4 Å². The van der Waals surface area contributed by atoms with Crippen LogP contribution in [0.1, 0.15) is 25.3 Å². The van der Waals surface area contributed by atoms with Crippen LogP contribution in [0.5, 0.6) is 0 Å². The smallest absolute Gasteiger partial charge is 0.225 e. The lowest BCUT2D eigenvalue weighted by molar-refractivity contribution is -0.116. The lowest BCUT2D eigenvalue weighted by Gasteiger charge is -2.07. The van der Waals surface area contributed by atoms with Gasteiger partial charge in [-0.1, -0.05) is 12.1 Å². The molecule has 1 fully saturated rings. The average Bonchev–Trinajstić information content (AvgIpc) is 3.16. The zero-order valence-electron chi connectivity index (χ0n) is 11.4. The molecule has 1 aliphatic rings. The minimum absolute atomic E-state index is 0. The van der Waals surface area contributed by atoms with Crippen LogP contribution >= 0.6 is 12.4 Å². The number of hydrogen-bond acceptors (Lipinski definition) is 5. The Hall–Kier alpha value is -1.99. The summed E-state index contributed by atoms with van der Waals surface area (Å²) in [6.45, 7) is 0.339. The molecule has 2 aromatic rings. The first-order chi connectivity index (χ1) is 9.78. The molecular weight excluding hydrogens is 292 g/mol. The molecule has 0 atom stereocenters. The van der Waals surface area contributed by atoms with Crippen LogP contribution in [-0.2, 0) is 4.79 Å². The van der Waals surface area contributed by atoms with Gasteiger partial charge in [-0.25, -0.2) is 4.68 Å². The molecule has 0 aliphatic heterocycles. The third-order valence-corrected chi connectivity index (χ3v) is 3.16. The number of nitrogens with two attached hydrogens (primary N) is 1. The second-order valence-corrected chi connectivity index (χ2v) is 4.85. The molecule has 3 N–H and O–H groups in total. The summed E-state index contributed by atoms with van der Waals surface area (Å²) >= 11 is 0. The second kappa shape index (κ2) is 6.64. The number of hydrogen-bond donors (Lipinski definition) is 2. The maximum absolute atomic E-state index is 11.6. The summed E-state index contributed by atoms with van der Waals surface area (Å²) in [5, 5.41) is 14.7. The van der Waals surface area contributed by atoms with E-state index >= 15 is 0 Å². The van der Waals surface area contributed by atoms with Crippen molar-refractivity contribution in [2.24, 2.45) is 5.73 Å². The van der Waals surface area contributed by atoms with Gasteiger partial charge in [0.05, 0.1) is 6.04 Å². The van der Waals surface area contributed by atoms with E-state index in [9.17, 15) is 4.79 Å². The summed E-state index contributed by atoms with van der Waals surface area (Å²) < 4.78 is 1.85. The maximum Gasteiger partial charge on any atom is 0.225 e. The summed E-state index contributed by atoms with van der Waals surface area (Å²) in [5.41, 5.74) is 6.98. The molecule has 1 aromatic heterocycles. The van der Waals surface area contributed by atoms with Crippen LogP contribution in [0.3, 0.4) is 0 Å². The van der Waals surface area contributed by atoms with Crippen molar-refractivity contribution < 1.29 is 4.79 Å². The minimum atomic E-state index is -0.0913. The molecule has 1 aliphatic carbocycles. The first kappa shape index (κ1) is 15.4. The molecule has 0 saturated heterocycles. The van der Waals surface area contributed by atoms with Crippen molar-refractivity contribution in [3.63, 3.8) is 0 Å². The van der Waals surface area contributed by atoms with E-state index in [4.69, 9.17) is 5.73 Å². The van der Waals surface area contributed by atoms with Gasteiger partial charge in [0.2, 0.25) is 5.91 Å². The van der Waals surface area contributed by atoms with E-state index in [0.717, 1.165) is 29.9 Å². The summed E-state index contributed by atoms with van der Waals surface area (Å²) in [6.07, 6.45) is 2.54. The fourth-order valence-electron chi connectivity index (χ4n) is 2.04. The predicted molar refractivity (Wildman–Crippen MR) is 81.1 cm³/mol. The molecule has 112 valence electrons. The fraction of sp³-hybridized carbons (Fsp3) is 0.385. The number of anilines is 1. The zero-order valence-corrected chi connectivity index (χ0v) is 12.2. The van der Waals surface area contributed by atoms with Crippen LogP contribution in [0.15, 0.2) is 24.3 Å². The number of halogens is 1. The molecule has 7 nitrogen and oxygen atoms in total. The second-order valence-electron chi connectivity index (χ2n) is 4.85. The number of tetrazole rings is 1. The third-order valence-electron chi connectivity index (χ3n) is 3.16. The number of benzene rings is 1. The van der Waals surface area contributed by atoms with Crippen molar-refractivity contribution in [1.29, 1.82) is 0 Å². The number of carbonyl (C=O) groups is 1. The molecule has 1 saturated carbocycles. The Morgan fingerprint density at radius 1 is 1.43 bits per heavy atom. The van der Waals surface area contributed by atoms with Crippen LogP contribution in [0.25, 0.3) is 11.4 Å². The van der Waals surface area contributed by atoms with Crippen LogP contribution < -0.4 is 11.1 Å². The summed E-state index contributed by atoms with van der Waals surface area (Å²) in [7, 11) is 0. The molecule has 1 amide bonds. The van der Waals surface area contributed by atoms with Gasteiger partial charge in [0.1, 0.15) is 0 Å². The highest BCUT2D eigenvalue weighted by molar-refractivity contribution is 5.91. The molecule has 3 rings (SSSR count). The number of nitrogens with one attached hydrogen (secondary N) is 1. The first-order valence-corrected chi connectivity index (χ1v) is 6.66. The lowest BCUT2D eigenvalue weighted by atomic mass is 10.2. The van der Waals surface area contributed by atoms with E-state index < -0.39 is 0 Å². The van der Waals surface area contributed by atoms with Gasteiger partial charge in [-0.2, -0.15) is 0 Å². The molecular formula is C13H17ClN6O. The largest absolute Gasteiger partial charge is 0.330 e. The topological polar surface area (TPSA) is 98.7 Å². The Kier molecular flexibility index (Phi) is 4.87.